The highest BCUT2D eigenvalue weighted by molar-refractivity contribution is 5.93. The van der Waals surface area contributed by atoms with Crippen LogP contribution < -0.4 is 10.6 Å². The van der Waals surface area contributed by atoms with E-state index in [4.69, 9.17) is 5.11 Å². The molecule has 0 radical (unpaired) electrons. The first-order chi connectivity index (χ1) is 9.81. The van der Waals surface area contributed by atoms with Gasteiger partial charge in [-0.25, -0.2) is 4.79 Å². The third kappa shape index (κ3) is 5.09. The first-order valence-electron chi connectivity index (χ1n) is 6.36. The van der Waals surface area contributed by atoms with E-state index in [0.717, 1.165) is 12.1 Å². The lowest BCUT2D eigenvalue weighted by molar-refractivity contribution is -0.385. The minimum absolute atomic E-state index is 0.0495. The molecular weight excluding hydrogens is 278 g/mol. The molecule has 21 heavy (non-hydrogen) atoms. The van der Waals surface area contributed by atoms with Gasteiger partial charge in [0.2, 0.25) is 5.91 Å². The normalized spacial score (nSPS) is 10.2. The lowest BCUT2D eigenvalue weighted by atomic mass is 10.1. The maximum atomic E-state index is 11.4. The number of nitro groups is 1. The molecule has 8 nitrogen and oxygen atoms in total. The van der Waals surface area contributed by atoms with Crippen LogP contribution in [0, 0.1) is 10.1 Å². The zero-order valence-electron chi connectivity index (χ0n) is 11.8. The lowest BCUT2D eigenvalue weighted by Gasteiger charge is -2.10. The second kappa shape index (κ2) is 7.22. The summed E-state index contributed by atoms with van der Waals surface area (Å²) in [6, 6.07) is 3.78. The van der Waals surface area contributed by atoms with Gasteiger partial charge in [-0.3, -0.25) is 14.9 Å². The van der Waals surface area contributed by atoms with Crippen LogP contribution in [-0.4, -0.2) is 34.5 Å². The molecule has 0 spiro atoms. The third-order valence-corrected chi connectivity index (χ3v) is 2.56. The molecular formula is C13H17N3O5. The molecule has 8 heteroatoms. The Morgan fingerprint density at radius 3 is 2.57 bits per heavy atom. The first kappa shape index (κ1) is 16.4. The summed E-state index contributed by atoms with van der Waals surface area (Å²) in [5.74, 6) is -1.49. The summed E-state index contributed by atoms with van der Waals surface area (Å²) >= 11 is 0. The number of nitrogens with zero attached hydrogens (tertiary/aromatic N) is 1. The van der Waals surface area contributed by atoms with Crippen molar-refractivity contribution in [3.63, 3.8) is 0 Å². The van der Waals surface area contributed by atoms with Gasteiger partial charge < -0.3 is 15.7 Å². The highest BCUT2D eigenvalue weighted by Gasteiger charge is 2.19. The number of amides is 1. The van der Waals surface area contributed by atoms with Crippen LogP contribution >= 0.6 is 0 Å². The molecule has 0 heterocycles. The number of carbonyl (C=O) groups excluding carboxylic acids is 1. The maximum Gasteiger partial charge on any atom is 0.342 e. The van der Waals surface area contributed by atoms with E-state index in [1.54, 1.807) is 0 Å². The summed E-state index contributed by atoms with van der Waals surface area (Å²) in [7, 11) is 0. The molecule has 0 aliphatic rings. The van der Waals surface area contributed by atoms with E-state index in [9.17, 15) is 19.7 Å². The molecule has 0 saturated carbocycles. The van der Waals surface area contributed by atoms with Crippen molar-refractivity contribution in [1.29, 1.82) is 0 Å². The number of carboxylic acid groups (broad SMARTS) is 1. The fourth-order valence-electron chi connectivity index (χ4n) is 1.69. The SMILES string of the molecule is CC(C)NC(=O)CCNc1ccc(C(=O)O)c([N+](=O)[O-])c1. The fourth-order valence-corrected chi connectivity index (χ4v) is 1.69. The molecule has 0 aromatic heterocycles. The van der Waals surface area contributed by atoms with Crippen LogP contribution in [0.15, 0.2) is 18.2 Å². The van der Waals surface area contributed by atoms with Crippen LogP contribution in [-0.2, 0) is 4.79 Å². The number of hydrogen-bond acceptors (Lipinski definition) is 5. The van der Waals surface area contributed by atoms with E-state index in [1.807, 2.05) is 13.8 Å². The zero-order chi connectivity index (χ0) is 16.0. The Morgan fingerprint density at radius 2 is 2.05 bits per heavy atom. The molecule has 0 unspecified atom stereocenters. The maximum absolute atomic E-state index is 11.4. The van der Waals surface area contributed by atoms with Gasteiger partial charge in [-0.15, -0.1) is 0 Å². The van der Waals surface area contributed by atoms with Crippen molar-refractivity contribution in [2.45, 2.75) is 26.3 Å². The van der Waals surface area contributed by atoms with E-state index < -0.39 is 16.6 Å². The molecule has 1 aromatic carbocycles. The zero-order valence-corrected chi connectivity index (χ0v) is 11.8. The Labute approximate surface area is 121 Å². The highest BCUT2D eigenvalue weighted by Crippen LogP contribution is 2.23. The van der Waals surface area contributed by atoms with Crippen LogP contribution in [0.4, 0.5) is 11.4 Å². The Bertz CT molecular complexity index is 557. The number of benzene rings is 1. The minimum atomic E-state index is -1.36. The van der Waals surface area contributed by atoms with Gasteiger partial charge in [-0.1, -0.05) is 0 Å². The van der Waals surface area contributed by atoms with Crippen LogP contribution in [0.3, 0.4) is 0 Å². The van der Waals surface area contributed by atoms with Gasteiger partial charge in [0.05, 0.1) is 4.92 Å². The van der Waals surface area contributed by atoms with E-state index in [1.165, 1.54) is 6.07 Å². The molecule has 0 aliphatic heterocycles. The van der Waals surface area contributed by atoms with Gasteiger partial charge in [0.1, 0.15) is 5.56 Å². The number of aromatic carboxylic acids is 1. The van der Waals surface area contributed by atoms with E-state index in [2.05, 4.69) is 10.6 Å². The predicted octanol–water partition coefficient (Wildman–Crippen LogP) is 1.62. The summed E-state index contributed by atoms with van der Waals surface area (Å²) in [6.45, 7) is 3.99. The number of anilines is 1. The predicted molar refractivity (Wildman–Crippen MR) is 76.4 cm³/mol. The summed E-state index contributed by atoms with van der Waals surface area (Å²) in [5.41, 5.74) is -0.466. The monoisotopic (exact) mass is 295 g/mol. The number of rotatable bonds is 7. The topological polar surface area (TPSA) is 122 Å². The summed E-state index contributed by atoms with van der Waals surface area (Å²) in [4.78, 5) is 32.4. The first-order valence-corrected chi connectivity index (χ1v) is 6.36. The van der Waals surface area contributed by atoms with Crippen molar-refractivity contribution in [2.75, 3.05) is 11.9 Å². The number of carboxylic acids is 1. The minimum Gasteiger partial charge on any atom is -0.477 e. The molecule has 1 amide bonds. The van der Waals surface area contributed by atoms with Crippen molar-refractivity contribution >= 4 is 23.3 Å². The van der Waals surface area contributed by atoms with Gasteiger partial charge in [0, 0.05) is 30.8 Å². The lowest BCUT2D eigenvalue weighted by Crippen LogP contribution is -2.31. The van der Waals surface area contributed by atoms with Crippen LogP contribution in [0.25, 0.3) is 0 Å². The summed E-state index contributed by atoms with van der Waals surface area (Å²) in [5, 5.41) is 25.3. The van der Waals surface area contributed by atoms with Crippen molar-refractivity contribution in [1.82, 2.24) is 5.32 Å². The van der Waals surface area contributed by atoms with E-state index in [0.29, 0.717) is 12.2 Å². The van der Waals surface area contributed by atoms with E-state index >= 15 is 0 Å². The van der Waals surface area contributed by atoms with Crippen LogP contribution in [0.2, 0.25) is 0 Å². The summed E-state index contributed by atoms with van der Waals surface area (Å²) < 4.78 is 0. The Hall–Kier alpha value is -2.64. The van der Waals surface area contributed by atoms with Gasteiger partial charge in [0.25, 0.3) is 5.69 Å². The van der Waals surface area contributed by atoms with Crippen molar-refractivity contribution < 1.29 is 19.6 Å². The second-order valence-corrected chi connectivity index (χ2v) is 4.69. The van der Waals surface area contributed by atoms with E-state index in [-0.39, 0.29) is 23.9 Å². The van der Waals surface area contributed by atoms with Crippen molar-refractivity contribution in [3.8, 4) is 0 Å². The number of nitro benzene ring substituents is 1. The Kier molecular flexibility index (Phi) is 5.65. The smallest absolute Gasteiger partial charge is 0.342 e. The number of carbonyl (C=O) groups is 2. The second-order valence-electron chi connectivity index (χ2n) is 4.69. The standard InChI is InChI=1S/C13H17N3O5/c1-8(2)15-12(17)5-6-14-9-3-4-10(13(18)19)11(7-9)16(20)21/h3-4,7-8,14H,5-6H2,1-2H3,(H,15,17)(H,18,19). The average Bonchev–Trinajstić information content (AvgIpc) is 2.37. The molecule has 3 N–H and O–H groups in total. The largest absolute Gasteiger partial charge is 0.477 e. The third-order valence-electron chi connectivity index (χ3n) is 2.56. The Morgan fingerprint density at radius 1 is 1.38 bits per heavy atom. The molecule has 0 aliphatic carbocycles. The molecule has 1 aromatic rings. The molecule has 0 bridgehead atoms. The van der Waals surface area contributed by atoms with Gasteiger partial charge in [0.15, 0.2) is 0 Å². The Balaban J connectivity index is 2.69. The fraction of sp³-hybridized carbons (Fsp3) is 0.385. The average molecular weight is 295 g/mol. The van der Waals surface area contributed by atoms with Crippen molar-refractivity contribution in [3.05, 3.63) is 33.9 Å². The molecule has 1 rings (SSSR count). The van der Waals surface area contributed by atoms with Crippen LogP contribution in [0.1, 0.15) is 30.6 Å². The molecule has 114 valence electrons. The van der Waals surface area contributed by atoms with Crippen LogP contribution in [0.5, 0.6) is 0 Å². The molecule has 0 saturated heterocycles. The number of nitrogens with one attached hydrogen (secondary N) is 2. The van der Waals surface area contributed by atoms with Gasteiger partial charge in [-0.2, -0.15) is 0 Å². The highest BCUT2D eigenvalue weighted by atomic mass is 16.6. The van der Waals surface area contributed by atoms with Crippen molar-refractivity contribution in [2.24, 2.45) is 0 Å². The van der Waals surface area contributed by atoms with Gasteiger partial charge in [-0.05, 0) is 26.0 Å². The molecule has 0 fully saturated rings. The quantitative estimate of drug-likeness (QED) is 0.519. The summed E-state index contributed by atoms with van der Waals surface area (Å²) in [6.07, 6.45) is 0.215. The number of hydrogen-bond donors (Lipinski definition) is 3. The van der Waals surface area contributed by atoms with Gasteiger partial charge >= 0.3 is 5.97 Å². The molecule has 0 atom stereocenters.